The molecule has 0 amide bonds. The van der Waals surface area contributed by atoms with E-state index < -0.39 is 0 Å². The van der Waals surface area contributed by atoms with Crippen molar-refractivity contribution in [1.29, 1.82) is 0 Å². The Morgan fingerprint density at radius 1 is 1.17 bits per heavy atom. The fourth-order valence-electron chi connectivity index (χ4n) is 4.10. The van der Waals surface area contributed by atoms with E-state index in [9.17, 15) is 0 Å². The average Bonchev–Trinajstić information content (AvgIpc) is 2.68. The Bertz CT molecular complexity index is 273. The van der Waals surface area contributed by atoms with Crippen molar-refractivity contribution in [3.05, 3.63) is 0 Å². The summed E-state index contributed by atoms with van der Waals surface area (Å²) < 4.78 is 0. The van der Waals surface area contributed by atoms with Crippen LogP contribution in [-0.4, -0.2) is 25.2 Å². The van der Waals surface area contributed by atoms with Crippen LogP contribution in [0.15, 0.2) is 0 Å². The van der Waals surface area contributed by atoms with Crippen LogP contribution in [0.2, 0.25) is 0 Å². The van der Waals surface area contributed by atoms with Gasteiger partial charge in [-0.05, 0) is 49.1 Å². The summed E-state index contributed by atoms with van der Waals surface area (Å²) in [6, 6.07) is 0. The second-order valence-corrected chi connectivity index (χ2v) is 7.69. The van der Waals surface area contributed by atoms with Gasteiger partial charge in [-0.3, -0.25) is 0 Å². The predicted octanol–water partition coefficient (Wildman–Crippen LogP) is 3.18. The minimum absolute atomic E-state index is 0.401. The molecule has 0 bridgehead atoms. The van der Waals surface area contributed by atoms with Crippen LogP contribution >= 0.6 is 0 Å². The molecular weight excluding hydrogens is 220 g/mol. The first-order valence-electron chi connectivity index (χ1n) is 7.81. The molecule has 1 atom stereocenters. The molecular formula is C16H32N2. The molecule has 0 radical (unpaired) electrons. The lowest BCUT2D eigenvalue weighted by atomic mass is 9.92. The largest absolute Gasteiger partial charge is 0.315 e. The Balaban J connectivity index is 1.78. The molecule has 2 rings (SSSR count). The molecule has 1 saturated carbocycles. The van der Waals surface area contributed by atoms with Crippen molar-refractivity contribution in [1.82, 2.24) is 10.6 Å². The highest BCUT2D eigenvalue weighted by molar-refractivity contribution is 5.13. The van der Waals surface area contributed by atoms with E-state index in [1.807, 2.05) is 0 Å². The molecule has 1 aliphatic heterocycles. The Kier molecular flexibility index (Phi) is 3.81. The summed E-state index contributed by atoms with van der Waals surface area (Å²) in [5.41, 5.74) is 1.43. The van der Waals surface area contributed by atoms with E-state index in [1.165, 1.54) is 38.8 Å². The smallest absolute Gasteiger partial charge is 0.0306 e. The number of rotatable bonds is 6. The number of hydrogen-bond donors (Lipinski definition) is 2. The Morgan fingerprint density at radius 3 is 2.28 bits per heavy atom. The summed E-state index contributed by atoms with van der Waals surface area (Å²) in [5, 5.41) is 7.51. The van der Waals surface area contributed by atoms with Crippen molar-refractivity contribution in [3.63, 3.8) is 0 Å². The van der Waals surface area contributed by atoms with E-state index in [1.54, 1.807) is 0 Å². The van der Waals surface area contributed by atoms with Crippen molar-refractivity contribution in [2.45, 2.75) is 65.8 Å². The number of hydrogen-bond acceptors (Lipinski definition) is 2. The van der Waals surface area contributed by atoms with E-state index in [0.717, 1.165) is 12.5 Å². The molecule has 2 N–H and O–H groups in total. The van der Waals surface area contributed by atoms with Gasteiger partial charge >= 0.3 is 0 Å². The molecule has 1 unspecified atom stereocenters. The van der Waals surface area contributed by atoms with E-state index in [2.05, 4.69) is 45.3 Å². The lowest BCUT2D eigenvalue weighted by Gasteiger charge is -2.30. The zero-order valence-electron chi connectivity index (χ0n) is 13.0. The summed E-state index contributed by atoms with van der Waals surface area (Å²) >= 11 is 0. The number of nitrogens with one attached hydrogen (secondary N) is 2. The van der Waals surface area contributed by atoms with Crippen LogP contribution in [-0.2, 0) is 0 Å². The standard InChI is InChI=1S/C16H32N2/c1-6-8-16(9-7-10-18-16)12-17-11-13-14(2,3)15(13,4)5/h13,17-18H,6-12H2,1-5H3. The van der Waals surface area contributed by atoms with Gasteiger partial charge in [-0.2, -0.15) is 0 Å². The summed E-state index contributed by atoms with van der Waals surface area (Å²) in [5.74, 6) is 0.838. The molecule has 0 spiro atoms. The quantitative estimate of drug-likeness (QED) is 0.758. The molecule has 1 aliphatic carbocycles. The van der Waals surface area contributed by atoms with Crippen LogP contribution in [0.4, 0.5) is 0 Å². The van der Waals surface area contributed by atoms with Crippen molar-refractivity contribution in [2.24, 2.45) is 16.7 Å². The van der Waals surface area contributed by atoms with Crippen LogP contribution < -0.4 is 10.6 Å². The second-order valence-electron chi connectivity index (χ2n) is 7.69. The zero-order valence-corrected chi connectivity index (χ0v) is 13.0. The van der Waals surface area contributed by atoms with Gasteiger partial charge in [-0.15, -0.1) is 0 Å². The zero-order chi connectivity index (χ0) is 13.4. The molecule has 106 valence electrons. The minimum Gasteiger partial charge on any atom is -0.315 e. The third-order valence-electron chi connectivity index (χ3n) is 6.19. The van der Waals surface area contributed by atoms with E-state index in [-0.39, 0.29) is 0 Å². The van der Waals surface area contributed by atoms with Gasteiger partial charge in [-0.1, -0.05) is 41.0 Å². The maximum atomic E-state index is 3.76. The highest BCUT2D eigenvalue weighted by Gasteiger charge is 2.63. The molecule has 2 nitrogen and oxygen atoms in total. The first kappa shape index (κ1) is 14.3. The van der Waals surface area contributed by atoms with Crippen molar-refractivity contribution in [2.75, 3.05) is 19.6 Å². The van der Waals surface area contributed by atoms with Gasteiger partial charge < -0.3 is 10.6 Å². The monoisotopic (exact) mass is 252 g/mol. The maximum Gasteiger partial charge on any atom is 0.0306 e. The molecule has 2 heteroatoms. The van der Waals surface area contributed by atoms with Crippen LogP contribution in [0.25, 0.3) is 0 Å². The first-order chi connectivity index (χ1) is 8.36. The normalized spacial score (nSPS) is 33.8. The van der Waals surface area contributed by atoms with Gasteiger partial charge in [-0.25, -0.2) is 0 Å². The van der Waals surface area contributed by atoms with E-state index >= 15 is 0 Å². The first-order valence-corrected chi connectivity index (χ1v) is 7.81. The highest BCUT2D eigenvalue weighted by atomic mass is 15.1. The average molecular weight is 252 g/mol. The van der Waals surface area contributed by atoms with Gasteiger partial charge in [0.2, 0.25) is 0 Å². The summed E-state index contributed by atoms with van der Waals surface area (Å²) in [4.78, 5) is 0. The van der Waals surface area contributed by atoms with Gasteiger partial charge in [0.15, 0.2) is 0 Å². The molecule has 1 heterocycles. The summed E-state index contributed by atoms with van der Waals surface area (Å²) in [6.07, 6.45) is 5.31. The fraction of sp³-hybridized carbons (Fsp3) is 1.00. The Labute approximate surface area is 113 Å². The second kappa shape index (κ2) is 4.79. The van der Waals surface area contributed by atoms with Crippen LogP contribution in [0.5, 0.6) is 0 Å². The Hall–Kier alpha value is -0.0800. The predicted molar refractivity (Wildman–Crippen MR) is 78.8 cm³/mol. The Morgan fingerprint density at radius 2 is 1.83 bits per heavy atom. The SMILES string of the molecule is CCCC1(CNCC2C(C)(C)C2(C)C)CCCN1. The molecule has 18 heavy (non-hydrogen) atoms. The summed E-state index contributed by atoms with van der Waals surface area (Å²) in [6.45, 7) is 15.5. The molecule has 2 fully saturated rings. The van der Waals surface area contributed by atoms with E-state index in [0.29, 0.717) is 16.4 Å². The third kappa shape index (κ3) is 2.34. The molecule has 0 aromatic carbocycles. The van der Waals surface area contributed by atoms with Gasteiger partial charge in [0, 0.05) is 12.1 Å². The fourth-order valence-corrected chi connectivity index (χ4v) is 4.10. The highest BCUT2D eigenvalue weighted by Crippen LogP contribution is 2.67. The lowest BCUT2D eigenvalue weighted by Crippen LogP contribution is -2.48. The van der Waals surface area contributed by atoms with Crippen molar-refractivity contribution in [3.8, 4) is 0 Å². The van der Waals surface area contributed by atoms with Gasteiger partial charge in [0.1, 0.15) is 0 Å². The minimum atomic E-state index is 0.401. The third-order valence-corrected chi connectivity index (χ3v) is 6.19. The molecule has 2 aliphatic rings. The van der Waals surface area contributed by atoms with Crippen molar-refractivity contribution < 1.29 is 0 Å². The van der Waals surface area contributed by atoms with Crippen molar-refractivity contribution >= 4 is 0 Å². The lowest BCUT2D eigenvalue weighted by molar-refractivity contribution is 0.319. The summed E-state index contributed by atoms with van der Waals surface area (Å²) in [7, 11) is 0. The molecule has 1 saturated heterocycles. The van der Waals surface area contributed by atoms with Crippen LogP contribution in [0.3, 0.4) is 0 Å². The van der Waals surface area contributed by atoms with Crippen LogP contribution in [0, 0.1) is 16.7 Å². The van der Waals surface area contributed by atoms with Gasteiger partial charge in [0.25, 0.3) is 0 Å². The van der Waals surface area contributed by atoms with Gasteiger partial charge in [0.05, 0.1) is 0 Å². The van der Waals surface area contributed by atoms with E-state index in [4.69, 9.17) is 0 Å². The topological polar surface area (TPSA) is 24.1 Å². The molecule has 0 aromatic heterocycles. The van der Waals surface area contributed by atoms with Crippen LogP contribution in [0.1, 0.15) is 60.3 Å². The maximum absolute atomic E-state index is 3.76. The molecule has 0 aromatic rings.